The van der Waals surface area contributed by atoms with E-state index in [9.17, 15) is 0 Å². The molecule has 0 N–H and O–H groups in total. The minimum Gasteiger partial charge on any atom is -0.308 e. The van der Waals surface area contributed by atoms with Gasteiger partial charge in [0.2, 0.25) is 0 Å². The maximum Gasteiger partial charge on any atom is 0.0225 e. The Hall–Kier alpha value is -0.860. The average molecular weight is 194 g/mol. The van der Waals surface area contributed by atoms with E-state index in [-0.39, 0.29) is 0 Å². The van der Waals surface area contributed by atoms with E-state index < -0.39 is 0 Å². The van der Waals surface area contributed by atoms with Gasteiger partial charge in [-0.05, 0) is 26.7 Å². The van der Waals surface area contributed by atoms with Crippen molar-refractivity contribution in [2.45, 2.75) is 0 Å². The van der Waals surface area contributed by atoms with Crippen molar-refractivity contribution in [1.82, 2.24) is 9.80 Å². The number of likely N-dealkylation sites (N-methyl/N-ethyl adjacent to an activating group) is 2. The fraction of sp³-hybridized carbons (Fsp3) is 0.500. The third kappa shape index (κ3) is 7.77. The minimum atomic E-state index is 0.915. The molecule has 0 aromatic carbocycles. The third-order valence-electron chi connectivity index (χ3n) is 1.87. The van der Waals surface area contributed by atoms with Gasteiger partial charge in [-0.25, -0.2) is 0 Å². The van der Waals surface area contributed by atoms with Gasteiger partial charge in [-0.2, -0.15) is 0 Å². The van der Waals surface area contributed by atoms with Crippen molar-refractivity contribution in [3.8, 4) is 0 Å². The van der Waals surface area contributed by atoms with Crippen molar-refractivity contribution in [3.63, 3.8) is 0 Å². The van der Waals surface area contributed by atoms with E-state index in [1.54, 1.807) is 6.08 Å². The summed E-state index contributed by atoms with van der Waals surface area (Å²) >= 11 is 0. The lowest BCUT2D eigenvalue weighted by Gasteiger charge is -2.19. The van der Waals surface area contributed by atoms with Gasteiger partial charge >= 0.3 is 0 Å². The Kier molecular flexibility index (Phi) is 7.07. The van der Waals surface area contributed by atoms with Gasteiger partial charge in [0.25, 0.3) is 0 Å². The SMILES string of the molecule is C=C/C=C\C(=C)CN(C)CCN(C)C. The van der Waals surface area contributed by atoms with Gasteiger partial charge in [0.05, 0.1) is 0 Å². The Morgan fingerprint density at radius 3 is 2.36 bits per heavy atom. The maximum absolute atomic E-state index is 3.97. The van der Waals surface area contributed by atoms with Gasteiger partial charge in [0, 0.05) is 19.6 Å². The molecule has 0 aromatic heterocycles. The minimum absolute atomic E-state index is 0.915. The first-order valence-corrected chi connectivity index (χ1v) is 4.86. The standard InChI is InChI=1S/C12H22N2/c1-6-7-8-12(2)11-14(5)10-9-13(3)4/h6-8H,1-2,9-11H2,3-5H3/b8-7-. The lowest BCUT2D eigenvalue weighted by Crippen LogP contribution is -2.29. The Morgan fingerprint density at radius 2 is 1.86 bits per heavy atom. The van der Waals surface area contributed by atoms with E-state index in [1.165, 1.54) is 0 Å². The highest BCUT2D eigenvalue weighted by atomic mass is 15.1. The first-order chi connectivity index (χ1) is 6.56. The lowest BCUT2D eigenvalue weighted by atomic mass is 10.2. The van der Waals surface area contributed by atoms with Crippen molar-refractivity contribution < 1.29 is 0 Å². The summed E-state index contributed by atoms with van der Waals surface area (Å²) in [5, 5.41) is 0. The van der Waals surface area contributed by atoms with Crippen LogP contribution < -0.4 is 0 Å². The quantitative estimate of drug-likeness (QED) is 0.570. The molecule has 0 fully saturated rings. The molecule has 0 aliphatic carbocycles. The molecule has 0 amide bonds. The van der Waals surface area contributed by atoms with Crippen LogP contribution in [0.25, 0.3) is 0 Å². The van der Waals surface area contributed by atoms with Crippen molar-refractivity contribution >= 4 is 0 Å². The molecule has 0 aromatic rings. The van der Waals surface area contributed by atoms with Crippen LogP contribution >= 0.6 is 0 Å². The zero-order valence-electron chi connectivity index (χ0n) is 9.66. The van der Waals surface area contributed by atoms with Crippen molar-refractivity contribution in [2.75, 3.05) is 40.8 Å². The lowest BCUT2D eigenvalue weighted by molar-refractivity contribution is 0.299. The van der Waals surface area contributed by atoms with Gasteiger partial charge in [0.15, 0.2) is 0 Å². The highest BCUT2D eigenvalue weighted by molar-refractivity contribution is 5.19. The number of nitrogens with zero attached hydrogens (tertiary/aromatic N) is 2. The average Bonchev–Trinajstić information content (AvgIpc) is 2.11. The second-order valence-electron chi connectivity index (χ2n) is 3.79. The van der Waals surface area contributed by atoms with Crippen molar-refractivity contribution in [3.05, 3.63) is 37.0 Å². The van der Waals surface area contributed by atoms with Crippen LogP contribution in [-0.2, 0) is 0 Å². The fourth-order valence-electron chi connectivity index (χ4n) is 1.05. The van der Waals surface area contributed by atoms with E-state index in [0.717, 1.165) is 25.2 Å². The summed E-state index contributed by atoms with van der Waals surface area (Å²) in [6, 6.07) is 0. The molecular formula is C12H22N2. The summed E-state index contributed by atoms with van der Waals surface area (Å²) in [5.74, 6) is 0. The predicted octanol–water partition coefficient (Wildman–Crippen LogP) is 1.78. The molecule has 14 heavy (non-hydrogen) atoms. The first-order valence-electron chi connectivity index (χ1n) is 4.86. The van der Waals surface area contributed by atoms with Crippen LogP contribution in [0.5, 0.6) is 0 Å². The van der Waals surface area contributed by atoms with Crippen LogP contribution in [-0.4, -0.2) is 50.6 Å². The van der Waals surface area contributed by atoms with Gasteiger partial charge in [-0.3, -0.25) is 0 Å². The normalized spacial score (nSPS) is 11.5. The molecule has 0 saturated carbocycles. The van der Waals surface area contributed by atoms with Crippen LogP contribution in [0.15, 0.2) is 37.0 Å². The number of allylic oxidation sites excluding steroid dienone is 2. The summed E-state index contributed by atoms with van der Waals surface area (Å²) in [4.78, 5) is 4.44. The number of hydrogen-bond donors (Lipinski definition) is 0. The topological polar surface area (TPSA) is 6.48 Å². The van der Waals surface area contributed by atoms with Crippen LogP contribution in [0.4, 0.5) is 0 Å². The third-order valence-corrected chi connectivity index (χ3v) is 1.87. The molecule has 2 nitrogen and oxygen atoms in total. The summed E-state index contributed by atoms with van der Waals surface area (Å²) in [6.45, 7) is 10.6. The Labute approximate surface area is 88.2 Å². The molecular weight excluding hydrogens is 172 g/mol. The Balaban J connectivity index is 3.70. The second kappa shape index (κ2) is 7.54. The van der Waals surface area contributed by atoms with Crippen LogP contribution in [0, 0.1) is 0 Å². The molecule has 0 saturated heterocycles. The summed E-state index contributed by atoms with van der Waals surface area (Å²) in [7, 11) is 6.27. The van der Waals surface area contributed by atoms with Crippen molar-refractivity contribution in [2.24, 2.45) is 0 Å². The Bertz CT molecular complexity index is 204. The molecule has 0 bridgehead atoms. The van der Waals surface area contributed by atoms with Crippen LogP contribution in [0.3, 0.4) is 0 Å². The highest BCUT2D eigenvalue weighted by Gasteiger charge is 1.99. The monoisotopic (exact) mass is 194 g/mol. The molecule has 0 rings (SSSR count). The molecule has 0 radical (unpaired) electrons. The van der Waals surface area contributed by atoms with Crippen LogP contribution in [0.2, 0.25) is 0 Å². The van der Waals surface area contributed by atoms with E-state index >= 15 is 0 Å². The smallest absolute Gasteiger partial charge is 0.0225 e. The van der Waals surface area contributed by atoms with E-state index in [4.69, 9.17) is 0 Å². The first kappa shape index (κ1) is 13.1. The van der Waals surface area contributed by atoms with Gasteiger partial charge in [-0.1, -0.05) is 31.4 Å². The maximum atomic E-state index is 3.97. The molecule has 0 atom stereocenters. The van der Waals surface area contributed by atoms with Crippen molar-refractivity contribution in [1.29, 1.82) is 0 Å². The van der Waals surface area contributed by atoms with E-state index in [1.807, 2.05) is 12.2 Å². The predicted molar refractivity (Wildman–Crippen MR) is 64.5 cm³/mol. The van der Waals surface area contributed by atoms with Gasteiger partial charge in [0.1, 0.15) is 0 Å². The zero-order chi connectivity index (χ0) is 11.0. The molecule has 0 heterocycles. The zero-order valence-corrected chi connectivity index (χ0v) is 9.66. The summed E-state index contributed by atoms with van der Waals surface area (Å²) < 4.78 is 0. The van der Waals surface area contributed by atoms with Crippen LogP contribution in [0.1, 0.15) is 0 Å². The van der Waals surface area contributed by atoms with E-state index in [0.29, 0.717) is 0 Å². The second-order valence-corrected chi connectivity index (χ2v) is 3.79. The molecule has 80 valence electrons. The summed E-state index contributed by atoms with van der Waals surface area (Å²) in [6.07, 6.45) is 5.69. The highest BCUT2D eigenvalue weighted by Crippen LogP contribution is 1.96. The number of hydrogen-bond acceptors (Lipinski definition) is 2. The molecule has 0 aliphatic heterocycles. The fourth-order valence-corrected chi connectivity index (χ4v) is 1.05. The van der Waals surface area contributed by atoms with Gasteiger partial charge in [-0.15, -0.1) is 0 Å². The molecule has 0 unspecified atom stereocenters. The van der Waals surface area contributed by atoms with E-state index in [2.05, 4.69) is 44.1 Å². The largest absolute Gasteiger partial charge is 0.308 e. The van der Waals surface area contributed by atoms with Gasteiger partial charge < -0.3 is 9.80 Å². The summed E-state index contributed by atoms with van der Waals surface area (Å²) in [5.41, 5.74) is 1.12. The molecule has 0 spiro atoms. The molecule has 0 aliphatic rings. The molecule has 2 heteroatoms. The number of rotatable bonds is 7. The Morgan fingerprint density at radius 1 is 1.21 bits per heavy atom.